The van der Waals surface area contributed by atoms with Gasteiger partial charge in [-0.05, 0) is 55.5 Å². The lowest BCUT2D eigenvalue weighted by Gasteiger charge is -2.06. The van der Waals surface area contributed by atoms with Gasteiger partial charge >= 0.3 is 5.97 Å². The molecule has 3 rings (SSSR count). The molecule has 144 valence electrons. The Morgan fingerprint density at radius 1 is 0.964 bits per heavy atom. The number of esters is 1. The van der Waals surface area contributed by atoms with Crippen molar-refractivity contribution in [1.82, 2.24) is 4.57 Å². The van der Waals surface area contributed by atoms with Crippen LogP contribution in [0.4, 0.5) is 0 Å². The van der Waals surface area contributed by atoms with Gasteiger partial charge in [0.2, 0.25) is 5.88 Å². The Balaban J connectivity index is 1.92. The van der Waals surface area contributed by atoms with E-state index in [1.165, 1.54) is 30.0 Å². The molecule has 0 aliphatic carbocycles. The third-order valence-electron chi connectivity index (χ3n) is 4.21. The van der Waals surface area contributed by atoms with Crippen LogP contribution >= 0.6 is 0 Å². The summed E-state index contributed by atoms with van der Waals surface area (Å²) in [5.41, 5.74) is 1.12. The molecule has 0 atom stereocenters. The van der Waals surface area contributed by atoms with E-state index in [1.54, 1.807) is 43.3 Å². The van der Waals surface area contributed by atoms with E-state index >= 15 is 0 Å². The minimum atomic E-state index is -0.518. The molecule has 2 aromatic carbocycles. The Bertz CT molecular complexity index is 1000. The van der Waals surface area contributed by atoms with Gasteiger partial charge < -0.3 is 19.7 Å². The van der Waals surface area contributed by atoms with E-state index in [4.69, 9.17) is 9.47 Å². The third kappa shape index (κ3) is 3.55. The monoisotopic (exact) mass is 381 g/mol. The minimum absolute atomic E-state index is 0.0443. The fourth-order valence-electron chi connectivity index (χ4n) is 2.72. The van der Waals surface area contributed by atoms with Gasteiger partial charge in [-0.3, -0.25) is 9.36 Å². The molecule has 0 bridgehead atoms. The maximum absolute atomic E-state index is 12.7. The van der Waals surface area contributed by atoms with Gasteiger partial charge in [0.1, 0.15) is 5.75 Å². The predicted molar refractivity (Wildman–Crippen MR) is 101 cm³/mol. The SMILES string of the molecule is CCOC(=O)c1ccc(-n2cc(C(=O)c3ccc(OC)cc3)c(O)c2O)cc1. The number of ether oxygens (including phenoxy) is 2. The molecule has 2 N–H and O–H groups in total. The summed E-state index contributed by atoms with van der Waals surface area (Å²) >= 11 is 0. The van der Waals surface area contributed by atoms with E-state index in [0.717, 1.165) is 0 Å². The van der Waals surface area contributed by atoms with Gasteiger partial charge in [0, 0.05) is 17.4 Å². The zero-order chi connectivity index (χ0) is 20.3. The number of ketones is 1. The molecule has 1 heterocycles. The molecular formula is C21H19NO6. The minimum Gasteiger partial charge on any atom is -0.503 e. The van der Waals surface area contributed by atoms with Crippen LogP contribution in [0.25, 0.3) is 5.69 Å². The van der Waals surface area contributed by atoms with Crippen molar-refractivity contribution < 1.29 is 29.3 Å². The summed E-state index contributed by atoms with van der Waals surface area (Å²) in [4.78, 5) is 24.4. The molecule has 0 aliphatic rings. The van der Waals surface area contributed by atoms with Crippen LogP contribution in [0.15, 0.2) is 54.7 Å². The van der Waals surface area contributed by atoms with Crippen molar-refractivity contribution in [3.05, 3.63) is 71.4 Å². The van der Waals surface area contributed by atoms with E-state index in [9.17, 15) is 19.8 Å². The van der Waals surface area contributed by atoms with Gasteiger partial charge in [0.15, 0.2) is 11.5 Å². The first-order valence-corrected chi connectivity index (χ1v) is 8.55. The molecule has 3 aromatic rings. The molecule has 0 spiro atoms. The number of aromatic hydroxyl groups is 2. The van der Waals surface area contributed by atoms with Crippen LogP contribution in [-0.4, -0.2) is 40.2 Å². The lowest BCUT2D eigenvalue weighted by atomic mass is 10.1. The summed E-state index contributed by atoms with van der Waals surface area (Å²) in [6, 6.07) is 12.6. The Hall–Kier alpha value is -3.74. The smallest absolute Gasteiger partial charge is 0.338 e. The fourth-order valence-corrected chi connectivity index (χ4v) is 2.72. The lowest BCUT2D eigenvalue weighted by molar-refractivity contribution is 0.0526. The highest BCUT2D eigenvalue weighted by Gasteiger charge is 2.22. The van der Waals surface area contributed by atoms with Crippen LogP contribution in [0.3, 0.4) is 0 Å². The van der Waals surface area contributed by atoms with E-state index in [2.05, 4.69) is 0 Å². The number of aromatic nitrogens is 1. The van der Waals surface area contributed by atoms with Crippen molar-refractivity contribution in [3.8, 4) is 23.1 Å². The van der Waals surface area contributed by atoms with Crippen molar-refractivity contribution in [2.45, 2.75) is 6.92 Å². The Labute approximate surface area is 161 Å². The molecule has 7 nitrogen and oxygen atoms in total. The number of nitrogens with zero attached hydrogens (tertiary/aromatic N) is 1. The van der Waals surface area contributed by atoms with E-state index in [0.29, 0.717) is 22.6 Å². The van der Waals surface area contributed by atoms with Crippen LogP contribution in [0.5, 0.6) is 17.4 Å². The zero-order valence-corrected chi connectivity index (χ0v) is 15.4. The Morgan fingerprint density at radius 3 is 2.14 bits per heavy atom. The highest BCUT2D eigenvalue weighted by atomic mass is 16.5. The number of methoxy groups -OCH3 is 1. The molecular weight excluding hydrogens is 362 g/mol. The largest absolute Gasteiger partial charge is 0.503 e. The fraction of sp³-hybridized carbons (Fsp3) is 0.143. The van der Waals surface area contributed by atoms with Crippen molar-refractivity contribution >= 4 is 11.8 Å². The maximum atomic E-state index is 12.7. The quantitative estimate of drug-likeness (QED) is 0.502. The van der Waals surface area contributed by atoms with E-state index in [1.807, 2.05) is 0 Å². The lowest BCUT2D eigenvalue weighted by Crippen LogP contribution is -2.04. The zero-order valence-electron chi connectivity index (χ0n) is 15.4. The van der Waals surface area contributed by atoms with Crippen LogP contribution < -0.4 is 4.74 Å². The molecule has 7 heteroatoms. The Morgan fingerprint density at radius 2 is 1.57 bits per heavy atom. The number of hydrogen-bond donors (Lipinski definition) is 2. The summed E-state index contributed by atoms with van der Waals surface area (Å²) in [5.74, 6) is -1.29. The number of benzene rings is 2. The molecule has 0 saturated heterocycles. The molecule has 0 fully saturated rings. The standard InChI is InChI=1S/C21H19NO6/c1-3-28-21(26)14-4-8-15(9-5-14)22-12-17(19(24)20(22)25)18(23)13-6-10-16(27-2)11-7-13/h4-12,24-25H,3H2,1-2H3. The second-order valence-corrected chi connectivity index (χ2v) is 5.91. The van der Waals surface area contributed by atoms with Gasteiger partial charge in [-0.1, -0.05) is 0 Å². The van der Waals surface area contributed by atoms with Gasteiger partial charge in [0.05, 0.1) is 24.8 Å². The topological polar surface area (TPSA) is 98.0 Å². The van der Waals surface area contributed by atoms with Crippen molar-refractivity contribution in [3.63, 3.8) is 0 Å². The summed E-state index contributed by atoms with van der Waals surface area (Å²) in [6.07, 6.45) is 1.34. The maximum Gasteiger partial charge on any atom is 0.338 e. The van der Waals surface area contributed by atoms with Gasteiger partial charge in [0.25, 0.3) is 0 Å². The summed E-state index contributed by atoms with van der Waals surface area (Å²) in [5, 5.41) is 20.5. The number of rotatable bonds is 6. The summed E-state index contributed by atoms with van der Waals surface area (Å²) < 4.78 is 11.3. The highest BCUT2D eigenvalue weighted by Crippen LogP contribution is 2.35. The first kappa shape index (κ1) is 19.0. The molecule has 0 amide bonds. The van der Waals surface area contributed by atoms with Gasteiger partial charge in [-0.2, -0.15) is 0 Å². The van der Waals surface area contributed by atoms with Crippen molar-refractivity contribution in [1.29, 1.82) is 0 Å². The molecule has 1 aromatic heterocycles. The predicted octanol–water partition coefficient (Wildman–Crippen LogP) is 3.30. The number of carbonyl (C=O) groups excluding carboxylic acids is 2. The van der Waals surface area contributed by atoms with Gasteiger partial charge in [-0.25, -0.2) is 4.79 Å². The Kier molecular flexibility index (Phi) is 5.35. The first-order valence-electron chi connectivity index (χ1n) is 8.55. The van der Waals surface area contributed by atoms with Crippen LogP contribution in [0.1, 0.15) is 33.2 Å². The molecule has 0 unspecified atom stereocenters. The third-order valence-corrected chi connectivity index (χ3v) is 4.21. The van der Waals surface area contributed by atoms with Crippen molar-refractivity contribution in [2.75, 3.05) is 13.7 Å². The first-order chi connectivity index (χ1) is 13.5. The molecule has 28 heavy (non-hydrogen) atoms. The average Bonchev–Trinajstić information content (AvgIpc) is 3.02. The van der Waals surface area contributed by atoms with Crippen LogP contribution in [0, 0.1) is 0 Å². The highest BCUT2D eigenvalue weighted by molar-refractivity contribution is 6.11. The van der Waals surface area contributed by atoms with E-state index < -0.39 is 23.4 Å². The average molecular weight is 381 g/mol. The summed E-state index contributed by atoms with van der Waals surface area (Å²) in [6.45, 7) is 1.98. The van der Waals surface area contributed by atoms with Crippen molar-refractivity contribution in [2.24, 2.45) is 0 Å². The molecule has 0 radical (unpaired) electrons. The number of carbonyl (C=O) groups is 2. The number of hydrogen-bond acceptors (Lipinski definition) is 6. The second-order valence-electron chi connectivity index (χ2n) is 5.91. The van der Waals surface area contributed by atoms with Crippen LogP contribution in [0.2, 0.25) is 0 Å². The van der Waals surface area contributed by atoms with E-state index in [-0.39, 0.29) is 12.2 Å². The normalized spacial score (nSPS) is 10.5. The molecule has 0 saturated carbocycles. The van der Waals surface area contributed by atoms with Crippen LogP contribution in [-0.2, 0) is 4.74 Å². The summed E-state index contributed by atoms with van der Waals surface area (Å²) in [7, 11) is 1.52. The molecule has 0 aliphatic heterocycles. The second kappa shape index (κ2) is 7.87. The van der Waals surface area contributed by atoms with Gasteiger partial charge in [-0.15, -0.1) is 0 Å².